The quantitative estimate of drug-likeness (QED) is 0.258. The van der Waals surface area contributed by atoms with Crippen molar-refractivity contribution in [2.45, 2.75) is 25.6 Å². The highest BCUT2D eigenvalue weighted by molar-refractivity contribution is 6.21. The third-order valence-corrected chi connectivity index (χ3v) is 7.71. The first kappa shape index (κ1) is 30.5. The Morgan fingerprint density at radius 3 is 2.65 bits per heavy atom. The molecule has 1 atom stereocenters. The van der Waals surface area contributed by atoms with Gasteiger partial charge in [0.2, 0.25) is 5.91 Å². The van der Waals surface area contributed by atoms with E-state index in [4.69, 9.17) is 4.99 Å². The number of hydrogen-bond donors (Lipinski definition) is 3. The molecule has 234 valence electrons. The van der Waals surface area contributed by atoms with E-state index in [0.29, 0.717) is 23.6 Å². The average Bonchev–Trinajstić information content (AvgIpc) is 3.36. The Hall–Kier alpha value is -5.49. The molecule has 12 heteroatoms. The predicted molar refractivity (Wildman–Crippen MR) is 172 cm³/mol. The van der Waals surface area contributed by atoms with Crippen LogP contribution >= 0.6 is 0 Å². The number of amidine groups is 1. The van der Waals surface area contributed by atoms with Crippen molar-refractivity contribution < 1.29 is 18.4 Å². The lowest BCUT2D eigenvalue weighted by Crippen LogP contribution is -2.33. The van der Waals surface area contributed by atoms with Crippen LogP contribution in [-0.4, -0.2) is 52.7 Å². The average molecular weight is 624 g/mol. The minimum Gasteiger partial charge on any atom is -0.348 e. The lowest BCUT2D eigenvalue weighted by atomic mass is 9.96. The van der Waals surface area contributed by atoms with Gasteiger partial charge in [0, 0.05) is 30.7 Å². The third-order valence-electron chi connectivity index (χ3n) is 7.71. The Balaban J connectivity index is 1.08. The number of carbonyl (C=O) groups is 2. The molecular formula is C34H31F2N7O3. The van der Waals surface area contributed by atoms with Crippen LogP contribution in [0.1, 0.15) is 44.1 Å². The maximum atomic E-state index is 13.6. The van der Waals surface area contributed by atoms with Gasteiger partial charge in [-0.2, -0.15) is 0 Å². The minimum absolute atomic E-state index is 0.0750. The first-order chi connectivity index (χ1) is 22.2. The van der Waals surface area contributed by atoms with Gasteiger partial charge < -0.3 is 20.9 Å². The van der Waals surface area contributed by atoms with E-state index in [1.165, 1.54) is 18.0 Å². The van der Waals surface area contributed by atoms with Crippen molar-refractivity contribution in [1.82, 2.24) is 19.8 Å². The number of fused-ring (bicyclic) bond motifs is 2. The molecule has 2 aliphatic rings. The fraction of sp³-hybridized carbons (Fsp3) is 0.206. The van der Waals surface area contributed by atoms with Gasteiger partial charge in [0.15, 0.2) is 11.6 Å². The molecule has 0 saturated carbocycles. The Bertz CT molecular complexity index is 1970. The van der Waals surface area contributed by atoms with E-state index in [9.17, 15) is 23.2 Å². The number of nitrogens with one attached hydrogen (secondary N) is 3. The molecule has 46 heavy (non-hydrogen) atoms. The molecule has 0 fully saturated rings. The SMILES string of the molecule is CN(C)Cc1ccc2c(c1)CN=C(C1C(=O)Nc3cc(C=CCNC(=O)c4cncn(Cc5ccc(F)c(F)c5)c4=O)ccc31)N2. The molecule has 1 unspecified atom stereocenters. The standard InChI is InChI=1S/C34H31F2N7O3/c1-42(2)17-21-7-10-28-23(12-21)15-39-31(40-28)30-24-8-5-20(14-29(24)41-33(30)45)4-3-11-38-32(44)25-16-37-19-43(34(25)46)18-22-6-9-26(35)27(36)13-22/h3-10,12-14,16,19,30H,11,15,17-18H2,1-2H3,(H,38,44)(H,39,40)(H,41,45). The number of nitrogens with zero attached hydrogens (tertiary/aromatic N) is 4. The second-order valence-corrected chi connectivity index (χ2v) is 11.4. The van der Waals surface area contributed by atoms with Crippen LogP contribution in [0.2, 0.25) is 0 Å². The van der Waals surface area contributed by atoms with Crippen molar-refractivity contribution in [1.29, 1.82) is 0 Å². The number of amides is 2. The molecule has 0 radical (unpaired) electrons. The number of hydrogen-bond acceptors (Lipinski definition) is 7. The van der Waals surface area contributed by atoms with E-state index in [2.05, 4.69) is 38.0 Å². The van der Waals surface area contributed by atoms with Crippen LogP contribution in [0.4, 0.5) is 20.2 Å². The molecule has 3 heterocycles. The lowest BCUT2D eigenvalue weighted by Gasteiger charge is -2.23. The van der Waals surface area contributed by atoms with Gasteiger partial charge in [0.25, 0.3) is 11.5 Å². The summed E-state index contributed by atoms with van der Waals surface area (Å²) in [5, 5.41) is 8.97. The normalized spacial score (nSPS) is 15.3. The molecule has 10 nitrogen and oxygen atoms in total. The number of benzene rings is 3. The summed E-state index contributed by atoms with van der Waals surface area (Å²) in [5.41, 5.74) is 5.12. The highest BCUT2D eigenvalue weighted by Gasteiger charge is 2.36. The number of carbonyl (C=O) groups excluding carboxylic acids is 2. The van der Waals surface area contributed by atoms with Crippen molar-refractivity contribution in [2.24, 2.45) is 4.99 Å². The largest absolute Gasteiger partial charge is 0.348 e. The number of anilines is 2. The van der Waals surface area contributed by atoms with Crippen molar-refractivity contribution in [3.63, 3.8) is 0 Å². The second-order valence-electron chi connectivity index (χ2n) is 11.4. The Kier molecular flexibility index (Phi) is 8.53. The Labute approximate surface area is 263 Å². The molecule has 6 rings (SSSR count). The van der Waals surface area contributed by atoms with Gasteiger partial charge in [0.05, 0.1) is 19.4 Å². The Morgan fingerprint density at radius 1 is 1.02 bits per heavy atom. The molecule has 0 bridgehead atoms. The summed E-state index contributed by atoms with van der Waals surface area (Å²) in [6.45, 7) is 1.38. The summed E-state index contributed by atoms with van der Waals surface area (Å²) in [7, 11) is 4.05. The van der Waals surface area contributed by atoms with E-state index in [1.54, 1.807) is 12.2 Å². The highest BCUT2D eigenvalue weighted by atomic mass is 19.2. The van der Waals surface area contributed by atoms with Gasteiger partial charge in [-0.3, -0.25) is 23.9 Å². The van der Waals surface area contributed by atoms with E-state index in [-0.39, 0.29) is 24.6 Å². The van der Waals surface area contributed by atoms with E-state index in [1.807, 2.05) is 38.4 Å². The van der Waals surface area contributed by atoms with Crippen LogP contribution in [0.15, 0.2) is 83.0 Å². The van der Waals surface area contributed by atoms with Crippen LogP contribution in [0.25, 0.3) is 6.08 Å². The predicted octanol–water partition coefficient (Wildman–Crippen LogP) is 4.13. The molecule has 2 amide bonds. The minimum atomic E-state index is -1.03. The summed E-state index contributed by atoms with van der Waals surface area (Å²) < 4.78 is 28.0. The molecule has 0 saturated heterocycles. The molecule has 0 aliphatic carbocycles. The molecular weight excluding hydrogens is 592 g/mol. The molecule has 3 N–H and O–H groups in total. The summed E-state index contributed by atoms with van der Waals surface area (Å²) in [4.78, 5) is 49.3. The molecule has 3 aromatic carbocycles. The van der Waals surface area contributed by atoms with Crippen LogP contribution in [-0.2, 0) is 24.4 Å². The summed E-state index contributed by atoms with van der Waals surface area (Å²) in [6, 6.07) is 15.2. The number of halogens is 2. The topological polar surface area (TPSA) is 121 Å². The molecule has 4 aromatic rings. The summed E-state index contributed by atoms with van der Waals surface area (Å²) >= 11 is 0. The highest BCUT2D eigenvalue weighted by Crippen LogP contribution is 2.36. The fourth-order valence-electron chi connectivity index (χ4n) is 5.53. The second kappa shape index (κ2) is 12.9. The van der Waals surface area contributed by atoms with Crippen LogP contribution in [0.5, 0.6) is 0 Å². The van der Waals surface area contributed by atoms with E-state index >= 15 is 0 Å². The van der Waals surface area contributed by atoms with E-state index in [0.717, 1.165) is 51.8 Å². The fourth-order valence-corrected chi connectivity index (χ4v) is 5.53. The van der Waals surface area contributed by atoms with Gasteiger partial charge in [0.1, 0.15) is 17.3 Å². The van der Waals surface area contributed by atoms with Crippen molar-refractivity contribution in [3.8, 4) is 0 Å². The van der Waals surface area contributed by atoms with Gasteiger partial charge in [-0.1, -0.05) is 42.5 Å². The monoisotopic (exact) mass is 623 g/mol. The van der Waals surface area contributed by atoms with Gasteiger partial charge in [-0.05, 0) is 66.2 Å². The van der Waals surface area contributed by atoms with Gasteiger partial charge in [-0.15, -0.1) is 0 Å². The van der Waals surface area contributed by atoms with Crippen LogP contribution in [0, 0.1) is 11.6 Å². The maximum absolute atomic E-state index is 13.6. The molecule has 1 aromatic heterocycles. The number of rotatable bonds is 9. The zero-order valence-electron chi connectivity index (χ0n) is 25.2. The summed E-state index contributed by atoms with van der Waals surface area (Å²) in [5.74, 6) is -2.74. The lowest BCUT2D eigenvalue weighted by molar-refractivity contribution is -0.115. The zero-order valence-corrected chi connectivity index (χ0v) is 25.2. The van der Waals surface area contributed by atoms with Crippen molar-refractivity contribution in [3.05, 3.63) is 129 Å². The third kappa shape index (κ3) is 6.47. The van der Waals surface area contributed by atoms with Crippen LogP contribution in [0.3, 0.4) is 0 Å². The van der Waals surface area contributed by atoms with Gasteiger partial charge in [-0.25, -0.2) is 13.8 Å². The first-order valence-corrected chi connectivity index (χ1v) is 14.6. The Morgan fingerprint density at radius 2 is 1.85 bits per heavy atom. The van der Waals surface area contributed by atoms with Gasteiger partial charge >= 0.3 is 0 Å². The number of aliphatic imine (C=N–C) groups is 1. The summed E-state index contributed by atoms with van der Waals surface area (Å²) in [6.07, 6.45) is 5.91. The zero-order chi connectivity index (χ0) is 32.4. The molecule has 0 spiro atoms. The van der Waals surface area contributed by atoms with Crippen molar-refractivity contribution in [2.75, 3.05) is 31.3 Å². The maximum Gasteiger partial charge on any atom is 0.266 e. The first-order valence-electron chi connectivity index (χ1n) is 14.6. The smallest absolute Gasteiger partial charge is 0.266 e. The van der Waals surface area contributed by atoms with E-state index < -0.39 is 29.0 Å². The molecule has 2 aliphatic heterocycles. The van der Waals surface area contributed by atoms with Crippen LogP contribution < -0.4 is 21.5 Å². The number of aromatic nitrogens is 2. The van der Waals surface area contributed by atoms with Crippen molar-refractivity contribution >= 4 is 35.1 Å².